The maximum absolute atomic E-state index is 10.2. The highest BCUT2D eigenvalue weighted by Gasteiger charge is 2.13. The van der Waals surface area contributed by atoms with E-state index in [2.05, 4.69) is 9.47 Å². The quantitative estimate of drug-likeness (QED) is 0.710. The van der Waals surface area contributed by atoms with Crippen LogP contribution in [0, 0.1) is 0 Å². The number of carboxylic acids is 1. The Morgan fingerprint density at radius 1 is 1.33 bits per heavy atom. The van der Waals surface area contributed by atoms with E-state index in [9.17, 15) is 9.59 Å². The molecular formula is C10H20O5. The summed E-state index contributed by atoms with van der Waals surface area (Å²) in [4.78, 5) is 20.0. The normalized spacial score (nSPS) is 10.9. The van der Waals surface area contributed by atoms with Crippen LogP contribution in [0.5, 0.6) is 0 Å². The van der Waals surface area contributed by atoms with Crippen LogP contribution in [0.3, 0.4) is 0 Å². The average molecular weight is 220 g/mol. The van der Waals surface area contributed by atoms with Gasteiger partial charge in [0.05, 0.1) is 6.61 Å². The zero-order valence-electron chi connectivity index (χ0n) is 9.78. The van der Waals surface area contributed by atoms with E-state index < -0.39 is 12.1 Å². The van der Waals surface area contributed by atoms with Crippen molar-refractivity contribution in [2.24, 2.45) is 0 Å². The van der Waals surface area contributed by atoms with Gasteiger partial charge in [0, 0.05) is 14.0 Å². The first-order valence-electron chi connectivity index (χ1n) is 4.88. The molecule has 0 saturated heterocycles. The first-order valence-corrected chi connectivity index (χ1v) is 4.88. The van der Waals surface area contributed by atoms with Crippen LogP contribution in [-0.2, 0) is 19.1 Å². The smallest absolute Gasteiger partial charge is 0.332 e. The number of rotatable bonds is 5. The third-order valence-corrected chi connectivity index (χ3v) is 1.46. The molecule has 0 aromatic carbocycles. The summed E-state index contributed by atoms with van der Waals surface area (Å²) in [5, 5.41) is 8.38. The fraction of sp³-hybridized carbons (Fsp3) is 0.800. The summed E-state index contributed by atoms with van der Waals surface area (Å²) >= 11 is 0. The monoisotopic (exact) mass is 220 g/mol. The Bertz CT molecular complexity index is 179. The lowest BCUT2D eigenvalue weighted by atomic mass is 10.2. The molecule has 0 rings (SSSR count). The Morgan fingerprint density at radius 3 is 1.93 bits per heavy atom. The van der Waals surface area contributed by atoms with Crippen LogP contribution in [0.4, 0.5) is 0 Å². The fourth-order valence-electron chi connectivity index (χ4n) is 0.808. The van der Waals surface area contributed by atoms with Crippen LogP contribution < -0.4 is 0 Å². The van der Waals surface area contributed by atoms with Gasteiger partial charge in [-0.1, -0.05) is 13.3 Å². The minimum absolute atomic E-state index is 0.211. The van der Waals surface area contributed by atoms with Gasteiger partial charge in [0.1, 0.15) is 0 Å². The summed E-state index contributed by atoms with van der Waals surface area (Å²) in [5.74, 6) is -1.09. The van der Waals surface area contributed by atoms with Crippen molar-refractivity contribution in [3.05, 3.63) is 0 Å². The van der Waals surface area contributed by atoms with Gasteiger partial charge in [0.2, 0.25) is 0 Å². The molecule has 0 bridgehead atoms. The minimum Gasteiger partial charge on any atom is -0.479 e. The Labute approximate surface area is 90.4 Å². The van der Waals surface area contributed by atoms with Crippen molar-refractivity contribution in [3.63, 3.8) is 0 Å². The number of carbonyl (C=O) groups is 2. The highest BCUT2D eigenvalue weighted by Crippen LogP contribution is 1.99. The van der Waals surface area contributed by atoms with E-state index in [0.29, 0.717) is 13.0 Å². The molecule has 0 saturated carbocycles. The van der Waals surface area contributed by atoms with Crippen molar-refractivity contribution in [2.75, 3.05) is 13.7 Å². The second-order valence-corrected chi connectivity index (χ2v) is 2.78. The van der Waals surface area contributed by atoms with E-state index in [4.69, 9.17) is 5.11 Å². The van der Waals surface area contributed by atoms with E-state index >= 15 is 0 Å². The van der Waals surface area contributed by atoms with E-state index in [1.165, 1.54) is 14.0 Å². The van der Waals surface area contributed by atoms with Gasteiger partial charge in [-0.3, -0.25) is 4.79 Å². The van der Waals surface area contributed by atoms with Gasteiger partial charge in [-0.05, 0) is 13.3 Å². The molecule has 90 valence electrons. The Morgan fingerprint density at radius 2 is 1.87 bits per heavy atom. The van der Waals surface area contributed by atoms with Crippen molar-refractivity contribution in [3.8, 4) is 0 Å². The number of methoxy groups -OCH3 is 1. The number of esters is 1. The molecule has 15 heavy (non-hydrogen) atoms. The molecular weight excluding hydrogens is 200 g/mol. The molecule has 0 heterocycles. The Hall–Kier alpha value is -1.10. The van der Waals surface area contributed by atoms with Crippen LogP contribution in [0.1, 0.15) is 33.6 Å². The minimum atomic E-state index is -0.876. The zero-order valence-corrected chi connectivity index (χ0v) is 9.78. The highest BCUT2D eigenvalue weighted by atomic mass is 16.5. The summed E-state index contributed by atoms with van der Waals surface area (Å²) in [7, 11) is 1.41. The standard InChI is InChI=1S/C6H12O3.C4H8O2/c1-3-4-5(9-2)6(7)8;1-3-6-4(2)5/h5H,3-4H2,1-2H3,(H,7,8);3H2,1-2H3. The molecule has 0 aliphatic rings. The lowest BCUT2D eigenvalue weighted by Crippen LogP contribution is -2.21. The van der Waals surface area contributed by atoms with E-state index in [1.54, 1.807) is 6.92 Å². The summed E-state index contributed by atoms with van der Waals surface area (Å²) in [6.45, 7) is 5.58. The number of carbonyl (C=O) groups excluding carboxylic acids is 1. The molecule has 0 radical (unpaired) electrons. The molecule has 0 amide bonds. The van der Waals surface area contributed by atoms with Gasteiger partial charge in [-0.25, -0.2) is 4.79 Å². The van der Waals surface area contributed by atoms with Crippen LogP contribution in [0.2, 0.25) is 0 Å². The predicted octanol–water partition coefficient (Wildman–Crippen LogP) is 1.46. The van der Waals surface area contributed by atoms with Crippen molar-refractivity contribution in [2.45, 2.75) is 39.7 Å². The second kappa shape index (κ2) is 11.0. The van der Waals surface area contributed by atoms with Crippen LogP contribution in [0.15, 0.2) is 0 Å². The summed E-state index contributed by atoms with van der Waals surface area (Å²) in [6.07, 6.45) is 0.811. The maximum atomic E-state index is 10.2. The van der Waals surface area contributed by atoms with Crippen LogP contribution in [0.25, 0.3) is 0 Å². The Kier molecular flexibility index (Phi) is 12.0. The van der Waals surface area contributed by atoms with Crippen molar-refractivity contribution in [1.82, 2.24) is 0 Å². The lowest BCUT2D eigenvalue weighted by molar-refractivity contribution is -0.148. The molecule has 0 aliphatic heterocycles. The average Bonchev–Trinajstić information content (AvgIpc) is 2.14. The van der Waals surface area contributed by atoms with Gasteiger partial charge in [-0.2, -0.15) is 0 Å². The maximum Gasteiger partial charge on any atom is 0.332 e. The first-order chi connectivity index (χ1) is 6.99. The molecule has 5 nitrogen and oxygen atoms in total. The molecule has 1 unspecified atom stereocenters. The van der Waals surface area contributed by atoms with E-state index in [0.717, 1.165) is 6.42 Å². The van der Waals surface area contributed by atoms with Crippen LogP contribution >= 0.6 is 0 Å². The third-order valence-electron chi connectivity index (χ3n) is 1.46. The van der Waals surface area contributed by atoms with Crippen molar-refractivity contribution in [1.29, 1.82) is 0 Å². The van der Waals surface area contributed by atoms with Gasteiger partial charge in [0.25, 0.3) is 0 Å². The van der Waals surface area contributed by atoms with E-state index in [-0.39, 0.29) is 5.97 Å². The van der Waals surface area contributed by atoms with E-state index in [1.807, 2.05) is 6.92 Å². The lowest BCUT2D eigenvalue weighted by Gasteiger charge is -2.06. The van der Waals surface area contributed by atoms with Gasteiger partial charge in [0.15, 0.2) is 6.10 Å². The summed E-state index contributed by atoms with van der Waals surface area (Å²) in [5.41, 5.74) is 0. The largest absolute Gasteiger partial charge is 0.479 e. The molecule has 0 aromatic heterocycles. The second-order valence-electron chi connectivity index (χ2n) is 2.78. The number of hydrogen-bond acceptors (Lipinski definition) is 4. The number of ether oxygens (including phenoxy) is 2. The third kappa shape index (κ3) is 12.9. The highest BCUT2D eigenvalue weighted by molar-refractivity contribution is 5.72. The van der Waals surface area contributed by atoms with Crippen LogP contribution in [-0.4, -0.2) is 36.9 Å². The molecule has 1 N–H and O–H groups in total. The molecule has 0 fully saturated rings. The molecule has 0 aliphatic carbocycles. The SMILES string of the molecule is CCCC(OC)C(=O)O.CCOC(C)=O. The molecule has 1 atom stereocenters. The van der Waals surface area contributed by atoms with Crippen molar-refractivity contribution < 1.29 is 24.2 Å². The number of aliphatic carboxylic acids is 1. The Balaban J connectivity index is 0. The number of hydrogen-bond donors (Lipinski definition) is 1. The van der Waals surface area contributed by atoms with Crippen molar-refractivity contribution >= 4 is 11.9 Å². The number of carboxylic acid groups (broad SMARTS) is 1. The first kappa shape index (κ1) is 16.3. The van der Waals surface area contributed by atoms with Gasteiger partial charge >= 0.3 is 11.9 Å². The van der Waals surface area contributed by atoms with Gasteiger partial charge < -0.3 is 14.6 Å². The van der Waals surface area contributed by atoms with Gasteiger partial charge in [-0.15, -0.1) is 0 Å². The topological polar surface area (TPSA) is 72.8 Å². The summed E-state index contributed by atoms with van der Waals surface area (Å²) in [6, 6.07) is 0. The molecule has 0 aromatic rings. The summed E-state index contributed by atoms with van der Waals surface area (Å²) < 4.78 is 9.06. The predicted molar refractivity (Wildman–Crippen MR) is 55.6 cm³/mol. The zero-order chi connectivity index (χ0) is 12.3. The fourth-order valence-corrected chi connectivity index (χ4v) is 0.808. The molecule has 5 heteroatoms. The molecule has 0 spiro atoms.